The van der Waals surface area contributed by atoms with E-state index in [0.717, 1.165) is 17.7 Å². The van der Waals surface area contributed by atoms with Gasteiger partial charge in [-0.05, 0) is 43.2 Å². The predicted octanol–water partition coefficient (Wildman–Crippen LogP) is 3.64. The molecule has 152 valence electrons. The molecule has 1 amide bonds. The number of ether oxygens (including phenoxy) is 1. The molecule has 2 aromatic rings. The summed E-state index contributed by atoms with van der Waals surface area (Å²) in [7, 11) is 0. The number of aliphatic imine (C=N–C) groups is 1. The molecule has 4 N–H and O–H groups in total. The van der Waals surface area contributed by atoms with Gasteiger partial charge in [-0.3, -0.25) is 4.79 Å². The van der Waals surface area contributed by atoms with Gasteiger partial charge in [-0.15, -0.1) is 24.0 Å². The number of amides is 1. The molecular weight excluding hydrogens is 491 g/mol. The second kappa shape index (κ2) is 12.5. The number of hydrogen-bond donors (Lipinski definition) is 3. The Morgan fingerprint density at radius 1 is 1.25 bits per heavy atom. The Balaban J connectivity index is 0.00000392. The average Bonchev–Trinajstić information content (AvgIpc) is 2.65. The predicted molar refractivity (Wildman–Crippen MR) is 124 cm³/mol. The van der Waals surface area contributed by atoms with Crippen molar-refractivity contribution >= 4 is 47.4 Å². The molecule has 6 nitrogen and oxygen atoms in total. The molecule has 0 aliphatic heterocycles. The Hall–Kier alpha value is -2.00. The van der Waals surface area contributed by atoms with E-state index in [1.807, 2.05) is 56.3 Å². The summed E-state index contributed by atoms with van der Waals surface area (Å²) in [5, 5.41) is 7.31. The number of nitrogens with zero attached hydrogens (tertiary/aromatic N) is 1. The van der Waals surface area contributed by atoms with Crippen LogP contribution in [-0.4, -0.2) is 25.0 Å². The number of primary amides is 1. The SMILES string of the molecule is CCNC(=NCc1cccc(OCC(N)=O)c1)NC(C)c1ccccc1Cl.I. The van der Waals surface area contributed by atoms with Gasteiger partial charge in [-0.25, -0.2) is 4.99 Å². The third-order valence-electron chi connectivity index (χ3n) is 3.77. The first kappa shape index (κ1) is 24.0. The quantitative estimate of drug-likeness (QED) is 0.284. The van der Waals surface area contributed by atoms with Crippen LogP contribution in [0.15, 0.2) is 53.5 Å². The lowest BCUT2D eigenvalue weighted by Crippen LogP contribution is -2.38. The monoisotopic (exact) mass is 516 g/mol. The third kappa shape index (κ3) is 7.93. The molecule has 0 spiro atoms. The van der Waals surface area contributed by atoms with Crippen LogP contribution >= 0.6 is 35.6 Å². The lowest BCUT2D eigenvalue weighted by Gasteiger charge is -2.19. The van der Waals surface area contributed by atoms with Gasteiger partial charge in [0.15, 0.2) is 12.6 Å². The summed E-state index contributed by atoms with van der Waals surface area (Å²) in [5.74, 6) is 0.767. The maximum absolute atomic E-state index is 10.8. The minimum absolute atomic E-state index is 0. The van der Waals surface area contributed by atoms with Crippen molar-refractivity contribution < 1.29 is 9.53 Å². The van der Waals surface area contributed by atoms with Crippen molar-refractivity contribution in [1.82, 2.24) is 10.6 Å². The number of benzene rings is 2. The van der Waals surface area contributed by atoms with E-state index in [2.05, 4.69) is 15.6 Å². The van der Waals surface area contributed by atoms with Gasteiger partial charge in [-0.1, -0.05) is 41.9 Å². The molecule has 28 heavy (non-hydrogen) atoms. The van der Waals surface area contributed by atoms with Crippen molar-refractivity contribution in [1.29, 1.82) is 0 Å². The topological polar surface area (TPSA) is 88.7 Å². The van der Waals surface area contributed by atoms with E-state index in [9.17, 15) is 4.79 Å². The van der Waals surface area contributed by atoms with Crippen LogP contribution < -0.4 is 21.1 Å². The number of guanidine groups is 1. The minimum atomic E-state index is -0.509. The Kier molecular flexibility index (Phi) is 10.7. The number of hydrogen-bond acceptors (Lipinski definition) is 3. The molecule has 8 heteroatoms. The van der Waals surface area contributed by atoms with Crippen molar-refractivity contribution in [3.05, 3.63) is 64.7 Å². The van der Waals surface area contributed by atoms with Crippen molar-refractivity contribution in [3.63, 3.8) is 0 Å². The van der Waals surface area contributed by atoms with Crippen molar-refractivity contribution in [2.45, 2.75) is 26.4 Å². The van der Waals surface area contributed by atoms with E-state index in [-0.39, 0.29) is 36.6 Å². The van der Waals surface area contributed by atoms with E-state index in [0.29, 0.717) is 23.3 Å². The zero-order chi connectivity index (χ0) is 19.6. The van der Waals surface area contributed by atoms with Crippen LogP contribution in [0.1, 0.15) is 31.0 Å². The second-order valence-corrected chi connectivity index (χ2v) is 6.39. The molecular formula is C20H26ClIN4O2. The number of halogens is 2. The molecule has 0 aromatic heterocycles. The summed E-state index contributed by atoms with van der Waals surface area (Å²) in [6, 6.07) is 15.1. The van der Waals surface area contributed by atoms with Crippen LogP contribution in [-0.2, 0) is 11.3 Å². The molecule has 0 aliphatic carbocycles. The van der Waals surface area contributed by atoms with E-state index in [1.54, 1.807) is 6.07 Å². The maximum Gasteiger partial charge on any atom is 0.255 e. The first-order chi connectivity index (χ1) is 13.0. The van der Waals surface area contributed by atoms with E-state index in [1.165, 1.54) is 0 Å². The van der Waals surface area contributed by atoms with E-state index in [4.69, 9.17) is 22.1 Å². The van der Waals surface area contributed by atoms with Gasteiger partial charge in [-0.2, -0.15) is 0 Å². The van der Waals surface area contributed by atoms with Crippen LogP contribution in [0.25, 0.3) is 0 Å². The largest absolute Gasteiger partial charge is 0.484 e. The van der Waals surface area contributed by atoms with Gasteiger partial charge in [0.25, 0.3) is 5.91 Å². The number of carbonyl (C=O) groups is 1. The molecule has 1 atom stereocenters. The molecule has 0 heterocycles. The van der Waals surface area contributed by atoms with Crippen LogP contribution in [0.3, 0.4) is 0 Å². The molecule has 0 aliphatic rings. The highest BCUT2D eigenvalue weighted by Crippen LogP contribution is 2.22. The molecule has 0 radical (unpaired) electrons. The molecule has 0 saturated heterocycles. The molecule has 2 aromatic carbocycles. The van der Waals surface area contributed by atoms with E-state index < -0.39 is 5.91 Å². The summed E-state index contributed by atoms with van der Waals surface area (Å²) in [4.78, 5) is 15.5. The number of nitrogens with two attached hydrogens (primary N) is 1. The van der Waals surface area contributed by atoms with Crippen molar-refractivity contribution in [2.24, 2.45) is 10.7 Å². The number of rotatable bonds is 8. The molecule has 0 saturated carbocycles. The lowest BCUT2D eigenvalue weighted by atomic mass is 10.1. The molecule has 0 fully saturated rings. The van der Waals surface area contributed by atoms with Gasteiger partial charge in [0.1, 0.15) is 5.75 Å². The highest BCUT2D eigenvalue weighted by molar-refractivity contribution is 14.0. The van der Waals surface area contributed by atoms with Crippen molar-refractivity contribution in [2.75, 3.05) is 13.2 Å². The summed E-state index contributed by atoms with van der Waals surface area (Å²) in [6.07, 6.45) is 0. The lowest BCUT2D eigenvalue weighted by molar-refractivity contribution is -0.119. The fourth-order valence-electron chi connectivity index (χ4n) is 2.49. The van der Waals surface area contributed by atoms with Gasteiger partial charge < -0.3 is 21.1 Å². The smallest absolute Gasteiger partial charge is 0.255 e. The number of nitrogens with one attached hydrogen (secondary N) is 2. The van der Waals surface area contributed by atoms with Gasteiger partial charge in [0.05, 0.1) is 12.6 Å². The van der Waals surface area contributed by atoms with Gasteiger partial charge in [0.2, 0.25) is 0 Å². The first-order valence-electron chi connectivity index (χ1n) is 8.79. The molecule has 1 unspecified atom stereocenters. The molecule has 0 bridgehead atoms. The highest BCUT2D eigenvalue weighted by atomic mass is 127. The maximum atomic E-state index is 10.8. The fraction of sp³-hybridized carbons (Fsp3) is 0.300. The zero-order valence-electron chi connectivity index (χ0n) is 15.9. The Morgan fingerprint density at radius 2 is 2.00 bits per heavy atom. The Labute approximate surface area is 187 Å². The van der Waals surface area contributed by atoms with Gasteiger partial charge in [0, 0.05) is 11.6 Å². The van der Waals surface area contributed by atoms with Crippen LogP contribution in [0.4, 0.5) is 0 Å². The normalized spacial score (nSPS) is 11.9. The van der Waals surface area contributed by atoms with Crippen LogP contribution in [0.2, 0.25) is 5.02 Å². The van der Waals surface area contributed by atoms with Crippen molar-refractivity contribution in [3.8, 4) is 5.75 Å². The fourth-order valence-corrected chi connectivity index (χ4v) is 2.79. The van der Waals surface area contributed by atoms with Crippen LogP contribution in [0, 0.1) is 0 Å². The summed E-state index contributed by atoms with van der Waals surface area (Å²) >= 11 is 6.27. The first-order valence-corrected chi connectivity index (χ1v) is 9.16. The Morgan fingerprint density at radius 3 is 2.68 bits per heavy atom. The summed E-state index contributed by atoms with van der Waals surface area (Å²) < 4.78 is 5.33. The van der Waals surface area contributed by atoms with E-state index >= 15 is 0 Å². The van der Waals surface area contributed by atoms with Gasteiger partial charge >= 0.3 is 0 Å². The Bertz CT molecular complexity index is 801. The third-order valence-corrected chi connectivity index (χ3v) is 4.11. The summed E-state index contributed by atoms with van der Waals surface area (Å²) in [5.41, 5.74) is 7.07. The van der Waals surface area contributed by atoms with Crippen LogP contribution in [0.5, 0.6) is 5.75 Å². The zero-order valence-corrected chi connectivity index (χ0v) is 19.0. The molecule has 2 rings (SSSR count). The standard InChI is InChI=1S/C20H25ClN4O2.HI/c1-3-23-20(25-14(2)17-9-4-5-10-18(17)21)24-12-15-7-6-8-16(11-15)27-13-19(22)26;/h4-11,14H,3,12-13H2,1-2H3,(H2,22,26)(H2,23,24,25);1H. The summed E-state index contributed by atoms with van der Waals surface area (Å²) in [6.45, 7) is 5.09. The minimum Gasteiger partial charge on any atom is -0.484 e. The highest BCUT2D eigenvalue weighted by Gasteiger charge is 2.10. The number of carbonyl (C=O) groups excluding carboxylic acids is 1. The second-order valence-electron chi connectivity index (χ2n) is 5.99. The average molecular weight is 517 g/mol.